The van der Waals surface area contributed by atoms with Gasteiger partial charge in [0.05, 0.1) is 5.56 Å². The van der Waals surface area contributed by atoms with Crippen molar-refractivity contribution in [3.63, 3.8) is 0 Å². The first kappa shape index (κ1) is 15.6. The lowest BCUT2D eigenvalue weighted by molar-refractivity contribution is -0.137. The van der Waals surface area contributed by atoms with Crippen molar-refractivity contribution in [2.75, 3.05) is 11.1 Å². The molecule has 1 atom stereocenters. The van der Waals surface area contributed by atoms with Crippen LogP contribution in [-0.4, -0.2) is 11.0 Å². The Labute approximate surface area is 125 Å². The van der Waals surface area contributed by atoms with E-state index in [1.165, 1.54) is 9.75 Å². The number of nitrogen functional groups attached to an aromatic ring is 1. The second-order valence-electron chi connectivity index (χ2n) is 4.93. The van der Waals surface area contributed by atoms with Gasteiger partial charge in [-0.05, 0) is 38.1 Å². The van der Waals surface area contributed by atoms with Crippen molar-refractivity contribution in [3.05, 3.63) is 39.6 Å². The molecule has 2 rings (SSSR count). The third-order valence-corrected chi connectivity index (χ3v) is 3.89. The van der Waals surface area contributed by atoms with E-state index in [-0.39, 0.29) is 17.7 Å². The highest BCUT2D eigenvalue weighted by Crippen LogP contribution is 2.31. The zero-order valence-electron chi connectivity index (χ0n) is 11.7. The SMILES string of the molecule is Cc1ccc(CC(C)Nc2cc(C(F)(F)F)cc(N)n2)s1. The van der Waals surface area contributed by atoms with Crippen molar-refractivity contribution in [2.45, 2.75) is 32.5 Å². The molecule has 2 heterocycles. The van der Waals surface area contributed by atoms with E-state index in [0.717, 1.165) is 18.6 Å². The number of aryl methyl sites for hydroxylation is 1. The minimum absolute atomic E-state index is 0.0431. The fraction of sp³-hybridized carbons (Fsp3) is 0.357. The summed E-state index contributed by atoms with van der Waals surface area (Å²) in [6.07, 6.45) is -3.71. The highest BCUT2D eigenvalue weighted by Gasteiger charge is 2.31. The summed E-state index contributed by atoms with van der Waals surface area (Å²) in [5, 5.41) is 2.97. The van der Waals surface area contributed by atoms with Crippen molar-refractivity contribution in [1.82, 2.24) is 4.98 Å². The number of nitrogens with one attached hydrogen (secondary N) is 1. The molecule has 0 saturated heterocycles. The molecule has 0 fully saturated rings. The Morgan fingerprint density at radius 3 is 2.62 bits per heavy atom. The number of thiophene rings is 1. The minimum atomic E-state index is -4.43. The Hall–Kier alpha value is -1.76. The van der Waals surface area contributed by atoms with Crippen LogP contribution in [0.1, 0.15) is 22.2 Å². The van der Waals surface area contributed by atoms with Crippen molar-refractivity contribution in [2.24, 2.45) is 0 Å². The first-order valence-corrected chi connectivity index (χ1v) is 7.22. The third-order valence-electron chi connectivity index (χ3n) is 2.87. The van der Waals surface area contributed by atoms with Gasteiger partial charge in [0.15, 0.2) is 0 Å². The lowest BCUT2D eigenvalue weighted by Crippen LogP contribution is -2.19. The summed E-state index contributed by atoms with van der Waals surface area (Å²) in [4.78, 5) is 6.28. The van der Waals surface area contributed by atoms with E-state index >= 15 is 0 Å². The number of halogens is 3. The highest BCUT2D eigenvalue weighted by atomic mass is 32.1. The van der Waals surface area contributed by atoms with Gasteiger partial charge in [0.1, 0.15) is 11.6 Å². The maximum Gasteiger partial charge on any atom is 0.416 e. The fourth-order valence-corrected chi connectivity index (χ4v) is 3.01. The van der Waals surface area contributed by atoms with Crippen molar-refractivity contribution in [3.8, 4) is 0 Å². The summed E-state index contributed by atoms with van der Waals surface area (Å²) < 4.78 is 38.2. The van der Waals surface area contributed by atoms with Gasteiger partial charge in [0.25, 0.3) is 0 Å². The average Bonchev–Trinajstić information content (AvgIpc) is 2.72. The largest absolute Gasteiger partial charge is 0.416 e. The average molecular weight is 315 g/mol. The molecule has 114 valence electrons. The Morgan fingerprint density at radius 2 is 2.05 bits per heavy atom. The molecule has 3 nitrogen and oxygen atoms in total. The molecule has 0 aromatic carbocycles. The molecule has 0 bridgehead atoms. The van der Waals surface area contributed by atoms with Gasteiger partial charge in [-0.2, -0.15) is 13.2 Å². The Bertz CT molecular complexity index is 622. The van der Waals surface area contributed by atoms with Crippen molar-refractivity contribution < 1.29 is 13.2 Å². The summed E-state index contributed by atoms with van der Waals surface area (Å²) in [5.74, 6) is -0.00500. The molecule has 21 heavy (non-hydrogen) atoms. The van der Waals surface area contributed by atoms with Gasteiger partial charge < -0.3 is 11.1 Å². The van der Waals surface area contributed by atoms with Crippen LogP contribution in [0.15, 0.2) is 24.3 Å². The van der Waals surface area contributed by atoms with Crippen LogP contribution >= 0.6 is 11.3 Å². The van der Waals surface area contributed by atoms with E-state index in [1.54, 1.807) is 11.3 Å². The molecular formula is C14H16F3N3S. The summed E-state index contributed by atoms with van der Waals surface area (Å²) in [6.45, 7) is 3.91. The van der Waals surface area contributed by atoms with Crippen LogP contribution in [0.25, 0.3) is 0 Å². The molecule has 2 aromatic rings. The van der Waals surface area contributed by atoms with E-state index in [1.807, 2.05) is 26.0 Å². The molecular weight excluding hydrogens is 299 g/mol. The topological polar surface area (TPSA) is 50.9 Å². The summed E-state index contributed by atoms with van der Waals surface area (Å²) in [5.41, 5.74) is 4.64. The summed E-state index contributed by atoms with van der Waals surface area (Å²) >= 11 is 1.67. The zero-order valence-corrected chi connectivity index (χ0v) is 12.5. The van der Waals surface area contributed by atoms with Crippen LogP contribution in [0.3, 0.4) is 0 Å². The normalized spacial score (nSPS) is 13.2. The van der Waals surface area contributed by atoms with Gasteiger partial charge in [-0.25, -0.2) is 4.98 Å². The van der Waals surface area contributed by atoms with Crippen LogP contribution in [0.4, 0.5) is 24.8 Å². The highest BCUT2D eigenvalue weighted by molar-refractivity contribution is 7.11. The minimum Gasteiger partial charge on any atom is -0.384 e. The van der Waals surface area contributed by atoms with Crippen molar-refractivity contribution in [1.29, 1.82) is 0 Å². The lowest BCUT2D eigenvalue weighted by Gasteiger charge is -2.16. The summed E-state index contributed by atoms with van der Waals surface area (Å²) in [7, 11) is 0. The molecule has 0 spiro atoms. The predicted molar refractivity (Wildman–Crippen MR) is 79.5 cm³/mol. The van der Waals surface area contributed by atoms with Crippen LogP contribution in [-0.2, 0) is 12.6 Å². The molecule has 0 amide bonds. The van der Waals surface area contributed by atoms with E-state index in [9.17, 15) is 13.2 Å². The molecule has 7 heteroatoms. The Morgan fingerprint density at radius 1 is 1.33 bits per heavy atom. The number of alkyl halides is 3. The maximum absolute atomic E-state index is 12.7. The zero-order chi connectivity index (χ0) is 15.6. The van der Waals surface area contributed by atoms with Gasteiger partial charge in [0, 0.05) is 22.2 Å². The fourth-order valence-electron chi connectivity index (χ4n) is 1.99. The number of aromatic nitrogens is 1. The quantitative estimate of drug-likeness (QED) is 0.893. The molecule has 0 saturated carbocycles. The van der Waals surface area contributed by atoms with Crippen LogP contribution < -0.4 is 11.1 Å². The molecule has 0 aliphatic rings. The van der Waals surface area contributed by atoms with Gasteiger partial charge in [-0.3, -0.25) is 0 Å². The van der Waals surface area contributed by atoms with Gasteiger partial charge in [-0.15, -0.1) is 11.3 Å². The van der Waals surface area contributed by atoms with E-state index in [0.29, 0.717) is 0 Å². The van der Waals surface area contributed by atoms with E-state index < -0.39 is 11.7 Å². The molecule has 2 aromatic heterocycles. The van der Waals surface area contributed by atoms with Crippen LogP contribution in [0.5, 0.6) is 0 Å². The molecule has 0 aliphatic carbocycles. The van der Waals surface area contributed by atoms with Crippen molar-refractivity contribution >= 4 is 23.0 Å². The number of hydrogen-bond donors (Lipinski definition) is 2. The monoisotopic (exact) mass is 315 g/mol. The third kappa shape index (κ3) is 4.35. The number of hydrogen-bond acceptors (Lipinski definition) is 4. The van der Waals surface area contributed by atoms with Crippen LogP contribution in [0.2, 0.25) is 0 Å². The smallest absolute Gasteiger partial charge is 0.384 e. The standard InChI is InChI=1S/C14H16F3N3S/c1-8(5-11-4-3-9(2)21-11)19-13-7-10(14(15,16)17)6-12(18)20-13/h3-4,6-8H,5H2,1-2H3,(H3,18,19,20). The van der Waals surface area contributed by atoms with E-state index in [4.69, 9.17) is 5.73 Å². The number of rotatable bonds is 4. The Balaban J connectivity index is 2.10. The van der Waals surface area contributed by atoms with Gasteiger partial charge >= 0.3 is 6.18 Å². The first-order chi connectivity index (χ1) is 9.74. The maximum atomic E-state index is 12.7. The number of anilines is 2. The Kier molecular flexibility index (Phi) is 4.41. The molecule has 0 radical (unpaired) electrons. The number of nitrogens with two attached hydrogens (primary N) is 1. The number of nitrogens with zero attached hydrogens (tertiary/aromatic N) is 1. The van der Waals surface area contributed by atoms with Gasteiger partial charge in [-0.1, -0.05) is 0 Å². The lowest BCUT2D eigenvalue weighted by atomic mass is 10.2. The van der Waals surface area contributed by atoms with E-state index in [2.05, 4.69) is 10.3 Å². The second-order valence-corrected chi connectivity index (χ2v) is 6.30. The molecule has 3 N–H and O–H groups in total. The number of pyridine rings is 1. The second kappa shape index (κ2) is 5.93. The first-order valence-electron chi connectivity index (χ1n) is 6.40. The molecule has 0 aliphatic heterocycles. The predicted octanol–water partition coefficient (Wildman–Crippen LogP) is 4.10. The molecule has 1 unspecified atom stereocenters. The van der Waals surface area contributed by atoms with Crippen LogP contribution in [0, 0.1) is 6.92 Å². The summed E-state index contributed by atoms with van der Waals surface area (Å²) in [6, 6.07) is 5.81. The van der Waals surface area contributed by atoms with Gasteiger partial charge in [0.2, 0.25) is 0 Å².